The molecule has 1 N–H and O–H groups in total. The number of nitrogens with one attached hydrogen (secondary N) is 1. The Balaban J connectivity index is 1.68. The van der Waals surface area contributed by atoms with E-state index in [1.54, 1.807) is 68.9 Å². The molecule has 0 saturated heterocycles. The van der Waals surface area contributed by atoms with Crippen LogP contribution >= 0.6 is 0 Å². The van der Waals surface area contributed by atoms with Crippen molar-refractivity contribution < 1.29 is 18.7 Å². The Kier molecular flexibility index (Phi) is 5.17. The molecule has 150 valence electrons. The van der Waals surface area contributed by atoms with Crippen LogP contribution in [0.25, 0.3) is 22.3 Å². The lowest BCUT2D eigenvalue weighted by molar-refractivity contribution is 0.102. The molecule has 2 aromatic heterocycles. The van der Waals surface area contributed by atoms with Gasteiger partial charge in [0.15, 0.2) is 16.9 Å². The van der Waals surface area contributed by atoms with Crippen LogP contribution in [0.3, 0.4) is 0 Å². The number of methoxy groups -OCH3 is 2. The minimum Gasteiger partial charge on any atom is -0.493 e. The van der Waals surface area contributed by atoms with Crippen LogP contribution in [0.1, 0.15) is 10.4 Å². The summed E-state index contributed by atoms with van der Waals surface area (Å²) in [5.41, 5.74) is 1.78. The Morgan fingerprint density at radius 2 is 1.83 bits per heavy atom. The van der Waals surface area contributed by atoms with Crippen molar-refractivity contribution >= 4 is 22.6 Å². The first-order chi connectivity index (χ1) is 14.6. The molecule has 0 radical (unpaired) electrons. The summed E-state index contributed by atoms with van der Waals surface area (Å²) in [6, 6.07) is 14.9. The molecule has 0 aliphatic carbocycles. The number of pyridine rings is 1. The Hall–Kier alpha value is -4.13. The van der Waals surface area contributed by atoms with E-state index in [0.29, 0.717) is 45.0 Å². The molecule has 0 saturated carbocycles. The molecule has 0 spiro atoms. The van der Waals surface area contributed by atoms with Gasteiger partial charge in [0.25, 0.3) is 5.91 Å². The van der Waals surface area contributed by atoms with Crippen molar-refractivity contribution in [1.82, 2.24) is 4.98 Å². The van der Waals surface area contributed by atoms with Gasteiger partial charge < -0.3 is 19.2 Å². The van der Waals surface area contributed by atoms with E-state index in [1.807, 2.05) is 0 Å². The second-order valence-corrected chi connectivity index (χ2v) is 6.45. The summed E-state index contributed by atoms with van der Waals surface area (Å²) in [4.78, 5) is 29.0. The normalized spacial score (nSPS) is 10.6. The second-order valence-electron chi connectivity index (χ2n) is 6.45. The first kappa shape index (κ1) is 19.2. The number of anilines is 1. The molecule has 0 atom stereocenters. The number of nitrogens with zero attached hydrogens (tertiary/aromatic N) is 1. The topological polar surface area (TPSA) is 90.7 Å². The molecule has 4 rings (SSSR count). The first-order valence-electron chi connectivity index (χ1n) is 9.11. The molecule has 0 unspecified atom stereocenters. The van der Waals surface area contributed by atoms with E-state index in [4.69, 9.17) is 13.9 Å². The molecule has 4 aromatic rings. The fraction of sp³-hybridized carbons (Fsp3) is 0.0870. The van der Waals surface area contributed by atoms with E-state index in [1.165, 1.54) is 12.3 Å². The van der Waals surface area contributed by atoms with Crippen LogP contribution in [0.5, 0.6) is 11.5 Å². The van der Waals surface area contributed by atoms with Gasteiger partial charge in [-0.15, -0.1) is 0 Å². The van der Waals surface area contributed by atoms with Crippen LogP contribution in [0.4, 0.5) is 5.69 Å². The van der Waals surface area contributed by atoms with E-state index >= 15 is 0 Å². The standard InChI is InChI=1S/C23H18N2O5/c1-28-20-7-5-14(10-22(20)29-2)21-12-18(26)17-11-16(6-8-19(17)30-21)25-23(27)15-4-3-9-24-13-15/h3-13H,1-2H3,(H,25,27). The van der Waals surface area contributed by atoms with Gasteiger partial charge in [-0.3, -0.25) is 14.6 Å². The van der Waals surface area contributed by atoms with Gasteiger partial charge in [0.2, 0.25) is 0 Å². The molecule has 0 fully saturated rings. The summed E-state index contributed by atoms with van der Waals surface area (Å²) >= 11 is 0. The quantitative estimate of drug-likeness (QED) is 0.540. The van der Waals surface area contributed by atoms with Crippen LogP contribution in [0.2, 0.25) is 0 Å². The molecule has 2 aromatic carbocycles. The first-order valence-corrected chi connectivity index (χ1v) is 9.11. The van der Waals surface area contributed by atoms with Gasteiger partial charge in [-0.2, -0.15) is 0 Å². The van der Waals surface area contributed by atoms with Crippen molar-refractivity contribution in [3.63, 3.8) is 0 Å². The third-order valence-corrected chi connectivity index (χ3v) is 4.58. The monoisotopic (exact) mass is 402 g/mol. The summed E-state index contributed by atoms with van der Waals surface area (Å²) in [5, 5.41) is 3.13. The average Bonchev–Trinajstić information content (AvgIpc) is 2.79. The highest BCUT2D eigenvalue weighted by Crippen LogP contribution is 2.33. The molecule has 2 heterocycles. The number of hydrogen-bond donors (Lipinski definition) is 1. The number of ether oxygens (including phenoxy) is 2. The maximum Gasteiger partial charge on any atom is 0.257 e. The largest absolute Gasteiger partial charge is 0.493 e. The third kappa shape index (κ3) is 3.73. The van der Waals surface area contributed by atoms with E-state index in [0.717, 1.165) is 0 Å². The SMILES string of the molecule is COc1ccc(-c2cc(=O)c3cc(NC(=O)c4cccnc4)ccc3o2)cc1OC. The van der Waals surface area contributed by atoms with E-state index in [2.05, 4.69) is 10.3 Å². The summed E-state index contributed by atoms with van der Waals surface area (Å²) in [6.45, 7) is 0. The van der Waals surface area contributed by atoms with Gasteiger partial charge in [0, 0.05) is 29.7 Å². The molecular weight excluding hydrogens is 384 g/mol. The fourth-order valence-electron chi connectivity index (χ4n) is 3.07. The van der Waals surface area contributed by atoms with Gasteiger partial charge in [0.05, 0.1) is 25.2 Å². The Morgan fingerprint density at radius 1 is 1.00 bits per heavy atom. The maximum absolute atomic E-state index is 12.7. The van der Waals surface area contributed by atoms with Crippen LogP contribution in [0.15, 0.2) is 76.2 Å². The minimum atomic E-state index is -0.311. The predicted molar refractivity (Wildman–Crippen MR) is 113 cm³/mol. The predicted octanol–water partition coefficient (Wildman–Crippen LogP) is 4.12. The van der Waals surface area contributed by atoms with Crippen LogP contribution in [0, 0.1) is 0 Å². The fourth-order valence-corrected chi connectivity index (χ4v) is 3.07. The van der Waals surface area contributed by atoms with E-state index in [9.17, 15) is 9.59 Å². The molecule has 30 heavy (non-hydrogen) atoms. The molecule has 0 aliphatic rings. The highest BCUT2D eigenvalue weighted by atomic mass is 16.5. The van der Waals surface area contributed by atoms with E-state index in [-0.39, 0.29) is 11.3 Å². The number of carbonyl (C=O) groups is 1. The van der Waals surface area contributed by atoms with Crippen LogP contribution in [-0.4, -0.2) is 25.1 Å². The second kappa shape index (κ2) is 8.08. The van der Waals surface area contributed by atoms with Crippen molar-refractivity contribution in [2.45, 2.75) is 0 Å². The molecule has 0 bridgehead atoms. The smallest absolute Gasteiger partial charge is 0.257 e. The van der Waals surface area contributed by atoms with Gasteiger partial charge in [-0.25, -0.2) is 0 Å². The van der Waals surface area contributed by atoms with E-state index < -0.39 is 0 Å². The van der Waals surface area contributed by atoms with Gasteiger partial charge in [-0.05, 0) is 48.5 Å². The lowest BCUT2D eigenvalue weighted by atomic mass is 10.1. The summed E-state index contributed by atoms with van der Waals surface area (Å²) < 4.78 is 16.5. The summed E-state index contributed by atoms with van der Waals surface area (Å²) in [5.74, 6) is 1.21. The van der Waals surface area contributed by atoms with Crippen molar-refractivity contribution in [2.24, 2.45) is 0 Å². The number of fused-ring (bicyclic) bond motifs is 1. The average molecular weight is 402 g/mol. The lowest BCUT2D eigenvalue weighted by Gasteiger charge is -2.10. The zero-order chi connectivity index (χ0) is 21.1. The van der Waals surface area contributed by atoms with Crippen molar-refractivity contribution in [3.8, 4) is 22.8 Å². The van der Waals surface area contributed by atoms with Crippen LogP contribution in [-0.2, 0) is 0 Å². The van der Waals surface area contributed by atoms with Crippen molar-refractivity contribution in [2.75, 3.05) is 19.5 Å². The van der Waals surface area contributed by atoms with Crippen LogP contribution < -0.4 is 20.2 Å². The maximum atomic E-state index is 12.7. The number of amides is 1. The molecule has 7 heteroatoms. The number of aromatic nitrogens is 1. The summed E-state index contributed by atoms with van der Waals surface area (Å²) in [6.07, 6.45) is 3.06. The molecule has 1 amide bonds. The zero-order valence-corrected chi connectivity index (χ0v) is 16.3. The Labute approximate surface area is 171 Å². The van der Waals surface area contributed by atoms with Crippen molar-refractivity contribution in [3.05, 3.63) is 82.8 Å². The summed E-state index contributed by atoms with van der Waals surface area (Å²) in [7, 11) is 3.10. The molecule has 7 nitrogen and oxygen atoms in total. The van der Waals surface area contributed by atoms with Gasteiger partial charge in [0.1, 0.15) is 11.3 Å². The van der Waals surface area contributed by atoms with Crippen molar-refractivity contribution in [1.29, 1.82) is 0 Å². The Morgan fingerprint density at radius 3 is 2.57 bits per heavy atom. The molecule has 0 aliphatic heterocycles. The number of rotatable bonds is 5. The zero-order valence-electron chi connectivity index (χ0n) is 16.3. The van der Waals surface area contributed by atoms with Gasteiger partial charge >= 0.3 is 0 Å². The highest BCUT2D eigenvalue weighted by molar-refractivity contribution is 6.04. The van der Waals surface area contributed by atoms with Gasteiger partial charge in [-0.1, -0.05) is 0 Å². The minimum absolute atomic E-state index is 0.224. The third-order valence-electron chi connectivity index (χ3n) is 4.58. The number of hydrogen-bond acceptors (Lipinski definition) is 6. The number of benzene rings is 2. The molecular formula is C23H18N2O5. The lowest BCUT2D eigenvalue weighted by Crippen LogP contribution is -2.12. The highest BCUT2D eigenvalue weighted by Gasteiger charge is 2.12. The number of carbonyl (C=O) groups excluding carboxylic acids is 1. The Bertz CT molecular complexity index is 1280.